The molecule has 0 aliphatic heterocycles. The zero-order chi connectivity index (χ0) is 30.7. The lowest BCUT2D eigenvalue weighted by Crippen LogP contribution is -2.51. The molecule has 2 aromatic rings. The second-order valence-electron chi connectivity index (χ2n) is 15.1. The van der Waals surface area contributed by atoms with Gasteiger partial charge in [0.1, 0.15) is 11.9 Å². The molecule has 2 N–H and O–H groups in total. The molecule has 0 saturated heterocycles. The Kier molecular flexibility index (Phi) is 10.00. The fourth-order valence-electron chi connectivity index (χ4n) is 9.99. The van der Waals surface area contributed by atoms with Crippen molar-refractivity contribution in [1.29, 1.82) is 0 Å². The number of rotatable bonds is 11. The molecule has 4 nitrogen and oxygen atoms in total. The number of amides is 1. The number of fused-ring (bicyclic) bond motifs is 5. The van der Waals surface area contributed by atoms with Crippen LogP contribution in [0.1, 0.15) is 113 Å². The van der Waals surface area contributed by atoms with Crippen LogP contribution in [0.15, 0.2) is 48.5 Å². The summed E-state index contributed by atoms with van der Waals surface area (Å²) in [6, 6.07) is 16.0. The Morgan fingerprint density at radius 2 is 1.80 bits per heavy atom. The highest BCUT2D eigenvalue weighted by Crippen LogP contribution is 2.63. The number of aliphatic hydroxyl groups is 1. The van der Waals surface area contributed by atoms with Gasteiger partial charge in [-0.2, -0.15) is 0 Å². The summed E-state index contributed by atoms with van der Waals surface area (Å²) >= 11 is 0. The third-order valence-corrected chi connectivity index (χ3v) is 12.3. The number of aliphatic hydroxyl groups excluding tert-OH is 1. The van der Waals surface area contributed by atoms with E-state index in [1.807, 2.05) is 18.2 Å². The molecule has 5 heteroatoms. The fraction of sp³-hybridized carbons (Fsp3) is 0.667. The first kappa shape index (κ1) is 31.6. The number of phenolic OH excluding ortho intramolecular Hbond substituents is 1. The molecular formula is C39H54FNO3. The Bertz CT molecular complexity index is 1250. The van der Waals surface area contributed by atoms with Gasteiger partial charge in [-0.05, 0) is 122 Å². The second-order valence-corrected chi connectivity index (χ2v) is 15.1. The number of carbonyl (C=O) groups is 1. The number of hydrogen-bond donors (Lipinski definition) is 2. The van der Waals surface area contributed by atoms with E-state index in [0.29, 0.717) is 36.5 Å². The summed E-state index contributed by atoms with van der Waals surface area (Å²) in [5.41, 5.74) is 3.13. The van der Waals surface area contributed by atoms with Gasteiger partial charge >= 0.3 is 0 Å². The van der Waals surface area contributed by atoms with Gasteiger partial charge in [-0.15, -0.1) is 0 Å². The quantitative estimate of drug-likeness (QED) is 0.254. The van der Waals surface area contributed by atoms with Crippen LogP contribution in [0.2, 0.25) is 0 Å². The van der Waals surface area contributed by atoms with Gasteiger partial charge in [-0.25, -0.2) is 4.39 Å². The predicted molar refractivity (Wildman–Crippen MR) is 174 cm³/mol. The Morgan fingerprint density at radius 1 is 1.00 bits per heavy atom. The van der Waals surface area contributed by atoms with Gasteiger partial charge in [-0.3, -0.25) is 4.79 Å². The first-order chi connectivity index (χ1) is 21.3. The molecule has 0 spiro atoms. The Morgan fingerprint density at radius 3 is 2.59 bits per heavy atom. The SMILES string of the molecule is C[C@]12CC(F)C3c4ccc(O)cc4CC(CCCCN(CC4CCCCC4)C(=O)CCCc4ccccc4)C3C1CCC2O. The van der Waals surface area contributed by atoms with Crippen LogP contribution in [0.5, 0.6) is 5.75 Å². The van der Waals surface area contributed by atoms with Crippen LogP contribution in [0.25, 0.3) is 0 Å². The Hall–Kier alpha value is -2.40. The number of phenols is 1. The van der Waals surface area contributed by atoms with Crippen molar-refractivity contribution in [2.45, 2.75) is 121 Å². The minimum absolute atomic E-state index is 0.151. The predicted octanol–water partition coefficient (Wildman–Crippen LogP) is 8.39. The first-order valence-electron chi connectivity index (χ1n) is 17.8. The van der Waals surface area contributed by atoms with Crippen LogP contribution >= 0.6 is 0 Å². The lowest BCUT2D eigenvalue weighted by molar-refractivity contribution is -0.132. The maximum atomic E-state index is 16.1. The zero-order valence-electron chi connectivity index (χ0n) is 26.8. The van der Waals surface area contributed by atoms with E-state index in [1.54, 1.807) is 6.07 Å². The number of aryl methyl sites for hydroxylation is 1. The van der Waals surface area contributed by atoms with Gasteiger partial charge in [0.2, 0.25) is 5.91 Å². The van der Waals surface area contributed by atoms with E-state index in [2.05, 4.69) is 36.1 Å². The van der Waals surface area contributed by atoms with E-state index in [9.17, 15) is 15.0 Å². The summed E-state index contributed by atoms with van der Waals surface area (Å²) in [6.45, 7) is 3.84. The molecule has 0 heterocycles. The summed E-state index contributed by atoms with van der Waals surface area (Å²) < 4.78 is 16.1. The molecule has 240 valence electrons. The topological polar surface area (TPSA) is 60.8 Å². The van der Waals surface area contributed by atoms with Gasteiger partial charge in [-0.1, -0.05) is 69.0 Å². The maximum Gasteiger partial charge on any atom is 0.222 e. The second kappa shape index (κ2) is 13.9. The number of unbranched alkanes of at least 4 members (excludes halogenated alkanes) is 1. The molecule has 3 saturated carbocycles. The minimum atomic E-state index is -0.973. The van der Waals surface area contributed by atoms with Crippen LogP contribution in [0.4, 0.5) is 4.39 Å². The van der Waals surface area contributed by atoms with E-state index in [-0.39, 0.29) is 23.0 Å². The van der Waals surface area contributed by atoms with Crippen LogP contribution < -0.4 is 0 Å². The number of hydrogen-bond acceptors (Lipinski definition) is 3. The van der Waals surface area contributed by atoms with Crippen molar-refractivity contribution >= 4 is 5.91 Å². The molecule has 44 heavy (non-hydrogen) atoms. The molecule has 7 atom stereocenters. The van der Waals surface area contributed by atoms with Crippen LogP contribution in [0.3, 0.4) is 0 Å². The summed E-state index contributed by atoms with van der Waals surface area (Å²) in [5.74, 6) is 1.92. The molecule has 0 radical (unpaired) electrons. The van der Waals surface area contributed by atoms with Crippen LogP contribution in [-0.4, -0.2) is 46.4 Å². The van der Waals surface area contributed by atoms with Crippen molar-refractivity contribution in [2.75, 3.05) is 13.1 Å². The summed E-state index contributed by atoms with van der Waals surface area (Å²) in [7, 11) is 0. The normalized spacial score (nSPS) is 31.6. The van der Waals surface area contributed by atoms with Crippen molar-refractivity contribution in [3.05, 3.63) is 65.2 Å². The largest absolute Gasteiger partial charge is 0.508 e. The molecule has 3 fully saturated rings. The van der Waals surface area contributed by atoms with Crippen molar-refractivity contribution < 1.29 is 19.4 Å². The first-order valence-corrected chi connectivity index (χ1v) is 17.8. The molecule has 2 aromatic carbocycles. The smallest absolute Gasteiger partial charge is 0.222 e. The van der Waals surface area contributed by atoms with Crippen molar-refractivity contribution in [3.8, 4) is 5.75 Å². The Balaban J connectivity index is 1.11. The van der Waals surface area contributed by atoms with Crippen molar-refractivity contribution in [1.82, 2.24) is 4.90 Å². The van der Waals surface area contributed by atoms with E-state index >= 15 is 4.39 Å². The highest BCUT2D eigenvalue weighted by Gasteiger charge is 2.59. The number of alkyl halides is 1. The summed E-state index contributed by atoms with van der Waals surface area (Å²) in [5, 5.41) is 21.2. The molecule has 4 aliphatic carbocycles. The fourth-order valence-corrected chi connectivity index (χ4v) is 9.99. The number of nitrogens with zero attached hydrogens (tertiary/aromatic N) is 1. The minimum Gasteiger partial charge on any atom is -0.508 e. The standard InChI is InChI=1S/C39H54FNO3/c1-39-25-34(40)38-32-19-18-31(42)24-30(32)23-29(37(38)33(39)20-21-35(39)43)16-8-9-22-41(26-28-13-6-3-7-14-28)36(44)17-10-15-27-11-4-2-5-12-27/h2,4-5,11-12,18-19,24,28-29,33-35,37-38,42-43H,3,6-10,13-17,20-23,25-26H2,1H3/t29?,33?,34?,35?,37?,38?,39-/m0/s1. The highest BCUT2D eigenvalue weighted by atomic mass is 19.1. The summed E-state index contributed by atoms with van der Waals surface area (Å²) in [6.07, 6.45) is 13.4. The molecule has 0 aromatic heterocycles. The lowest BCUT2D eigenvalue weighted by atomic mass is 9.51. The molecular weight excluding hydrogens is 549 g/mol. The van der Waals surface area contributed by atoms with Gasteiger partial charge < -0.3 is 15.1 Å². The van der Waals surface area contributed by atoms with E-state index in [4.69, 9.17) is 0 Å². The number of aromatic hydroxyl groups is 1. The van der Waals surface area contributed by atoms with Crippen LogP contribution in [0, 0.1) is 29.1 Å². The van der Waals surface area contributed by atoms with E-state index < -0.39 is 12.3 Å². The number of halogens is 1. The molecule has 0 bridgehead atoms. The van der Waals surface area contributed by atoms with Gasteiger partial charge in [0.05, 0.1) is 6.10 Å². The molecule has 6 rings (SSSR count). The van der Waals surface area contributed by atoms with Crippen molar-refractivity contribution in [2.24, 2.45) is 29.1 Å². The molecule has 4 aliphatic rings. The van der Waals surface area contributed by atoms with Gasteiger partial charge in [0.25, 0.3) is 0 Å². The number of benzene rings is 2. The third-order valence-electron chi connectivity index (χ3n) is 12.3. The summed E-state index contributed by atoms with van der Waals surface area (Å²) in [4.78, 5) is 15.7. The average Bonchev–Trinajstić information content (AvgIpc) is 3.32. The maximum absolute atomic E-state index is 16.1. The van der Waals surface area contributed by atoms with E-state index in [1.165, 1.54) is 37.7 Å². The Labute approximate surface area is 264 Å². The van der Waals surface area contributed by atoms with Gasteiger partial charge in [0.15, 0.2) is 0 Å². The van der Waals surface area contributed by atoms with Crippen molar-refractivity contribution in [3.63, 3.8) is 0 Å². The van der Waals surface area contributed by atoms with E-state index in [0.717, 1.165) is 75.6 Å². The highest BCUT2D eigenvalue weighted by molar-refractivity contribution is 5.76. The third kappa shape index (κ3) is 6.73. The monoisotopic (exact) mass is 603 g/mol. The molecule has 1 amide bonds. The zero-order valence-corrected chi connectivity index (χ0v) is 26.8. The number of carbonyl (C=O) groups excluding carboxylic acids is 1. The average molecular weight is 604 g/mol. The van der Waals surface area contributed by atoms with Crippen LogP contribution in [-0.2, 0) is 17.6 Å². The molecule has 6 unspecified atom stereocenters. The van der Waals surface area contributed by atoms with Gasteiger partial charge in [0, 0.05) is 25.4 Å². The lowest BCUT2D eigenvalue weighted by Gasteiger charge is -2.54.